The van der Waals surface area contributed by atoms with Crippen LogP contribution >= 0.6 is 11.3 Å². The van der Waals surface area contributed by atoms with Crippen LogP contribution in [0.25, 0.3) is 0 Å². The first kappa shape index (κ1) is 12.8. The van der Waals surface area contributed by atoms with Crippen LogP contribution in [0.1, 0.15) is 27.7 Å². The molecule has 1 aromatic heterocycles. The number of aliphatic hydroxyl groups excluding tert-OH is 1. The van der Waals surface area contributed by atoms with E-state index in [1.807, 2.05) is 41.8 Å². The number of hydrogen-bond donors (Lipinski definition) is 2. The largest absolute Gasteiger partial charge is 0.396 e. The Morgan fingerprint density at radius 3 is 2.61 bits per heavy atom. The van der Waals surface area contributed by atoms with Gasteiger partial charge in [-0.25, -0.2) is 0 Å². The van der Waals surface area contributed by atoms with Crippen molar-refractivity contribution >= 4 is 17.2 Å². The van der Waals surface area contributed by atoms with Crippen LogP contribution < -0.4 is 5.32 Å². The van der Waals surface area contributed by atoms with Crippen molar-refractivity contribution in [3.8, 4) is 0 Å². The number of hydrogen-bond acceptors (Lipinski definition) is 3. The lowest BCUT2D eigenvalue weighted by molar-refractivity contribution is 0.0934. The molecule has 1 unspecified atom stereocenters. The highest BCUT2D eigenvalue weighted by Crippen LogP contribution is 2.18. The summed E-state index contributed by atoms with van der Waals surface area (Å²) in [4.78, 5) is 12.7. The van der Waals surface area contributed by atoms with Crippen LogP contribution in [-0.2, 0) is 0 Å². The number of nitrogens with one attached hydrogen (secondary N) is 1. The quantitative estimate of drug-likeness (QED) is 0.869. The monoisotopic (exact) mass is 261 g/mol. The Balaban J connectivity index is 2.10. The van der Waals surface area contributed by atoms with Crippen LogP contribution in [0.2, 0.25) is 0 Å². The summed E-state index contributed by atoms with van der Waals surface area (Å²) in [6, 6.07) is 13.2. The molecule has 1 atom stereocenters. The number of rotatable bonds is 5. The van der Waals surface area contributed by atoms with Crippen molar-refractivity contribution in [2.45, 2.75) is 12.5 Å². The predicted octanol–water partition coefficient (Wildman–Crippen LogP) is 2.60. The van der Waals surface area contributed by atoms with E-state index in [1.54, 1.807) is 6.07 Å². The zero-order valence-electron chi connectivity index (χ0n) is 9.87. The molecule has 0 aliphatic heterocycles. The van der Waals surface area contributed by atoms with E-state index in [0.29, 0.717) is 11.3 Å². The van der Waals surface area contributed by atoms with E-state index in [9.17, 15) is 4.79 Å². The summed E-state index contributed by atoms with van der Waals surface area (Å²) in [5, 5.41) is 13.9. The third-order valence-electron chi connectivity index (χ3n) is 2.67. The van der Waals surface area contributed by atoms with Crippen LogP contribution in [0, 0.1) is 0 Å². The van der Waals surface area contributed by atoms with E-state index >= 15 is 0 Å². The van der Waals surface area contributed by atoms with Crippen LogP contribution in [0.3, 0.4) is 0 Å². The fourth-order valence-corrected chi connectivity index (χ4v) is 2.40. The van der Waals surface area contributed by atoms with Gasteiger partial charge in [0, 0.05) is 6.61 Å². The Hall–Kier alpha value is -1.65. The molecule has 1 heterocycles. The summed E-state index contributed by atoms with van der Waals surface area (Å²) in [5.41, 5.74) is 1.01. The van der Waals surface area contributed by atoms with Gasteiger partial charge in [0.1, 0.15) is 0 Å². The number of aliphatic hydroxyl groups is 1. The summed E-state index contributed by atoms with van der Waals surface area (Å²) in [7, 11) is 0. The molecule has 0 aliphatic carbocycles. The number of amides is 1. The summed E-state index contributed by atoms with van der Waals surface area (Å²) >= 11 is 1.41. The molecule has 2 aromatic rings. The maximum Gasteiger partial charge on any atom is 0.261 e. The van der Waals surface area contributed by atoms with Crippen LogP contribution in [0.4, 0.5) is 0 Å². The van der Waals surface area contributed by atoms with E-state index in [0.717, 1.165) is 5.56 Å². The van der Waals surface area contributed by atoms with Crippen LogP contribution in [0.5, 0.6) is 0 Å². The second kappa shape index (κ2) is 6.33. The molecule has 1 amide bonds. The van der Waals surface area contributed by atoms with Gasteiger partial charge in [0.2, 0.25) is 0 Å². The fraction of sp³-hybridized carbons (Fsp3) is 0.214. The van der Waals surface area contributed by atoms with Gasteiger partial charge in [-0.05, 0) is 23.4 Å². The summed E-state index contributed by atoms with van der Waals surface area (Å²) < 4.78 is 0. The van der Waals surface area contributed by atoms with Crippen molar-refractivity contribution in [3.05, 3.63) is 58.3 Å². The van der Waals surface area contributed by atoms with E-state index in [4.69, 9.17) is 5.11 Å². The van der Waals surface area contributed by atoms with Crippen molar-refractivity contribution in [1.29, 1.82) is 0 Å². The van der Waals surface area contributed by atoms with Crippen molar-refractivity contribution < 1.29 is 9.90 Å². The molecule has 0 saturated carbocycles. The molecule has 1 aromatic carbocycles. The van der Waals surface area contributed by atoms with Crippen molar-refractivity contribution in [1.82, 2.24) is 5.32 Å². The van der Waals surface area contributed by atoms with Crippen molar-refractivity contribution in [3.63, 3.8) is 0 Å². The minimum Gasteiger partial charge on any atom is -0.396 e. The zero-order chi connectivity index (χ0) is 12.8. The molecule has 0 radical (unpaired) electrons. The van der Waals surface area contributed by atoms with E-state index in [2.05, 4.69) is 5.32 Å². The van der Waals surface area contributed by atoms with Gasteiger partial charge in [0.15, 0.2) is 0 Å². The molecular weight excluding hydrogens is 246 g/mol. The minimum absolute atomic E-state index is 0.0459. The average molecular weight is 261 g/mol. The highest BCUT2D eigenvalue weighted by molar-refractivity contribution is 7.12. The lowest BCUT2D eigenvalue weighted by Crippen LogP contribution is -2.28. The number of benzene rings is 1. The Labute approximate surface area is 110 Å². The highest BCUT2D eigenvalue weighted by Gasteiger charge is 2.15. The first-order valence-corrected chi connectivity index (χ1v) is 6.69. The summed E-state index contributed by atoms with van der Waals surface area (Å²) in [6.45, 7) is 0.0459. The highest BCUT2D eigenvalue weighted by atomic mass is 32.1. The van der Waals surface area contributed by atoms with Gasteiger partial charge >= 0.3 is 0 Å². The average Bonchev–Trinajstić information content (AvgIpc) is 2.93. The van der Waals surface area contributed by atoms with Crippen LogP contribution in [0.15, 0.2) is 47.8 Å². The summed E-state index contributed by atoms with van der Waals surface area (Å²) in [6.07, 6.45) is 0.515. The fourth-order valence-electron chi connectivity index (χ4n) is 1.77. The molecule has 94 valence electrons. The van der Waals surface area contributed by atoms with E-state index < -0.39 is 0 Å². The van der Waals surface area contributed by atoms with Crippen molar-refractivity contribution in [2.24, 2.45) is 0 Å². The van der Waals surface area contributed by atoms with E-state index in [-0.39, 0.29) is 18.6 Å². The Kier molecular flexibility index (Phi) is 4.50. The maximum absolute atomic E-state index is 12.0. The third kappa shape index (κ3) is 3.18. The molecule has 0 spiro atoms. The summed E-state index contributed by atoms with van der Waals surface area (Å²) in [5.74, 6) is -0.0905. The maximum atomic E-state index is 12.0. The smallest absolute Gasteiger partial charge is 0.261 e. The standard InChI is InChI=1S/C14H15NO2S/c16-9-8-12(11-5-2-1-3-6-11)15-14(17)13-7-4-10-18-13/h1-7,10,12,16H,8-9H2,(H,15,17). The zero-order valence-corrected chi connectivity index (χ0v) is 10.7. The SMILES string of the molecule is O=C(NC(CCO)c1ccccc1)c1cccs1. The van der Waals surface area contributed by atoms with Gasteiger partial charge < -0.3 is 10.4 Å². The molecule has 2 rings (SSSR count). The number of carbonyl (C=O) groups is 1. The number of carbonyl (C=O) groups excluding carboxylic acids is 1. The van der Waals surface area contributed by atoms with Gasteiger partial charge in [-0.15, -0.1) is 11.3 Å². The molecule has 0 saturated heterocycles. The number of thiophene rings is 1. The minimum atomic E-state index is -0.147. The molecular formula is C14H15NO2S. The molecule has 2 N–H and O–H groups in total. The molecule has 0 bridgehead atoms. The van der Waals surface area contributed by atoms with Gasteiger partial charge in [0.25, 0.3) is 5.91 Å². The molecule has 0 fully saturated rings. The predicted molar refractivity (Wildman–Crippen MR) is 72.7 cm³/mol. The molecule has 0 aliphatic rings. The third-order valence-corrected chi connectivity index (χ3v) is 3.54. The van der Waals surface area contributed by atoms with Gasteiger partial charge in [0.05, 0.1) is 10.9 Å². The van der Waals surface area contributed by atoms with Crippen molar-refractivity contribution in [2.75, 3.05) is 6.61 Å². The Bertz CT molecular complexity index is 482. The van der Waals surface area contributed by atoms with Gasteiger partial charge in [-0.3, -0.25) is 4.79 Å². The second-order valence-electron chi connectivity index (χ2n) is 3.93. The molecule has 4 heteroatoms. The lowest BCUT2D eigenvalue weighted by atomic mass is 10.0. The second-order valence-corrected chi connectivity index (χ2v) is 4.87. The normalized spacial score (nSPS) is 12.1. The van der Waals surface area contributed by atoms with Crippen LogP contribution in [-0.4, -0.2) is 17.6 Å². The molecule has 18 heavy (non-hydrogen) atoms. The van der Waals surface area contributed by atoms with E-state index in [1.165, 1.54) is 11.3 Å². The van der Waals surface area contributed by atoms with Gasteiger partial charge in [-0.1, -0.05) is 36.4 Å². The lowest BCUT2D eigenvalue weighted by Gasteiger charge is -2.17. The Morgan fingerprint density at radius 1 is 1.22 bits per heavy atom. The van der Waals surface area contributed by atoms with Gasteiger partial charge in [-0.2, -0.15) is 0 Å². The Morgan fingerprint density at radius 2 is 2.00 bits per heavy atom. The molecule has 3 nitrogen and oxygen atoms in total. The first-order valence-electron chi connectivity index (χ1n) is 5.81. The topological polar surface area (TPSA) is 49.3 Å². The first-order chi connectivity index (χ1) is 8.81.